The lowest BCUT2D eigenvalue weighted by atomic mass is 10.2. The molecule has 0 aliphatic heterocycles. The lowest BCUT2D eigenvalue weighted by Gasteiger charge is -2.07. The second-order valence-electron chi connectivity index (χ2n) is 5.88. The van der Waals surface area contributed by atoms with Gasteiger partial charge >= 0.3 is 5.69 Å². The van der Waals surface area contributed by atoms with Gasteiger partial charge in [0.05, 0.1) is 5.69 Å². The largest absolute Gasteiger partial charge is 0.504 e. The molecule has 2 aromatic heterocycles. The van der Waals surface area contributed by atoms with Crippen molar-refractivity contribution in [3.05, 3.63) is 64.5 Å². The molecular formula is C18H12FN5O4. The molecule has 10 heteroatoms. The van der Waals surface area contributed by atoms with Crippen LogP contribution >= 0.6 is 0 Å². The minimum atomic E-state index is -0.932. The van der Waals surface area contributed by atoms with E-state index in [1.165, 1.54) is 36.4 Å². The van der Waals surface area contributed by atoms with E-state index in [1.54, 1.807) is 6.07 Å². The van der Waals surface area contributed by atoms with Crippen molar-refractivity contribution in [2.45, 2.75) is 0 Å². The average Bonchev–Trinajstić information content (AvgIpc) is 2.99. The SMILES string of the molecule is NC(=O)c1nc(-c2ccc(O)c(O)c2)nc2c1[nH]c(=O)n2-c1ccccc1F. The number of nitrogens with zero attached hydrogens (tertiary/aromatic N) is 3. The van der Waals surface area contributed by atoms with Crippen molar-refractivity contribution in [1.29, 1.82) is 0 Å². The summed E-state index contributed by atoms with van der Waals surface area (Å²) in [6.07, 6.45) is 0. The Labute approximate surface area is 155 Å². The number of fused-ring (bicyclic) bond motifs is 1. The molecule has 2 heterocycles. The number of phenols is 2. The van der Waals surface area contributed by atoms with Crippen LogP contribution in [0.5, 0.6) is 11.5 Å². The van der Waals surface area contributed by atoms with Gasteiger partial charge in [0.2, 0.25) is 0 Å². The lowest BCUT2D eigenvalue weighted by Crippen LogP contribution is -2.16. The van der Waals surface area contributed by atoms with Gasteiger partial charge < -0.3 is 20.9 Å². The monoisotopic (exact) mass is 381 g/mol. The summed E-state index contributed by atoms with van der Waals surface area (Å²) >= 11 is 0. The van der Waals surface area contributed by atoms with Crippen LogP contribution in [-0.2, 0) is 0 Å². The van der Waals surface area contributed by atoms with Crippen LogP contribution in [0.3, 0.4) is 0 Å². The number of aromatic amines is 1. The number of rotatable bonds is 3. The molecule has 0 radical (unpaired) electrons. The number of H-pyrrole nitrogens is 1. The van der Waals surface area contributed by atoms with Crippen LogP contribution in [0.1, 0.15) is 10.5 Å². The summed E-state index contributed by atoms with van der Waals surface area (Å²) in [5.41, 5.74) is 4.42. The van der Waals surface area contributed by atoms with Gasteiger partial charge in [-0.3, -0.25) is 4.79 Å². The highest BCUT2D eigenvalue weighted by Gasteiger charge is 2.21. The fourth-order valence-corrected chi connectivity index (χ4v) is 2.81. The number of hydrogen-bond donors (Lipinski definition) is 4. The first kappa shape index (κ1) is 17.2. The van der Waals surface area contributed by atoms with Crippen LogP contribution in [0.4, 0.5) is 4.39 Å². The molecule has 0 saturated carbocycles. The average molecular weight is 381 g/mol. The summed E-state index contributed by atoms with van der Waals surface area (Å²) in [5, 5.41) is 19.2. The van der Waals surface area contributed by atoms with Crippen molar-refractivity contribution >= 4 is 17.1 Å². The van der Waals surface area contributed by atoms with Crippen molar-refractivity contribution in [2.24, 2.45) is 5.73 Å². The van der Waals surface area contributed by atoms with Crippen LogP contribution in [0, 0.1) is 5.82 Å². The molecule has 0 aliphatic rings. The number of benzene rings is 2. The van der Waals surface area contributed by atoms with Gasteiger partial charge in [-0.05, 0) is 30.3 Å². The standard InChI is InChI=1S/C18H12FN5O4/c19-9-3-1-2-4-10(9)24-17-14(22-18(24)28)13(15(20)27)21-16(23-17)8-5-6-11(25)12(26)7-8/h1-7,25-26H,(H2,20,27)(H,22,28). The van der Waals surface area contributed by atoms with Crippen molar-refractivity contribution < 1.29 is 19.4 Å². The lowest BCUT2D eigenvalue weighted by molar-refractivity contribution is 0.0997. The van der Waals surface area contributed by atoms with E-state index in [4.69, 9.17) is 5.73 Å². The normalized spacial score (nSPS) is 11.0. The van der Waals surface area contributed by atoms with Crippen molar-refractivity contribution in [2.75, 3.05) is 0 Å². The highest BCUT2D eigenvalue weighted by atomic mass is 19.1. The predicted molar refractivity (Wildman–Crippen MR) is 96.7 cm³/mol. The quantitative estimate of drug-likeness (QED) is 0.395. The van der Waals surface area contributed by atoms with E-state index in [0.29, 0.717) is 0 Å². The Morgan fingerprint density at radius 3 is 2.54 bits per heavy atom. The van der Waals surface area contributed by atoms with Crippen LogP contribution < -0.4 is 11.4 Å². The molecule has 140 valence electrons. The smallest absolute Gasteiger partial charge is 0.332 e. The topological polar surface area (TPSA) is 147 Å². The molecule has 4 aromatic rings. The number of aromatic hydroxyl groups is 2. The molecule has 0 saturated heterocycles. The molecule has 0 unspecified atom stereocenters. The van der Waals surface area contributed by atoms with Gasteiger partial charge in [-0.2, -0.15) is 0 Å². The predicted octanol–water partition coefficient (Wildman–Crippen LogP) is 1.42. The van der Waals surface area contributed by atoms with Crippen LogP contribution in [-0.4, -0.2) is 35.6 Å². The fraction of sp³-hybridized carbons (Fsp3) is 0. The number of hydrogen-bond acceptors (Lipinski definition) is 6. The number of carbonyl (C=O) groups excluding carboxylic acids is 1. The van der Waals surface area contributed by atoms with E-state index < -0.39 is 23.2 Å². The number of phenolic OH excluding ortho intramolecular Hbond substituents is 2. The molecule has 0 spiro atoms. The summed E-state index contributed by atoms with van der Waals surface area (Å²) < 4.78 is 15.2. The Hall–Kier alpha value is -4.21. The molecule has 2 aromatic carbocycles. The molecule has 1 amide bonds. The maximum absolute atomic E-state index is 14.3. The van der Waals surface area contributed by atoms with Crippen molar-refractivity contribution in [3.8, 4) is 28.6 Å². The Bertz CT molecular complexity index is 1310. The molecular weight excluding hydrogens is 369 g/mol. The number of para-hydroxylation sites is 1. The first-order valence-corrected chi connectivity index (χ1v) is 7.96. The summed E-state index contributed by atoms with van der Waals surface area (Å²) in [5.74, 6) is -2.44. The van der Waals surface area contributed by atoms with Gasteiger partial charge in [0.1, 0.15) is 11.3 Å². The number of carbonyl (C=O) groups is 1. The highest BCUT2D eigenvalue weighted by molar-refractivity contribution is 6.02. The third kappa shape index (κ3) is 2.63. The zero-order chi connectivity index (χ0) is 20.0. The third-order valence-corrected chi connectivity index (χ3v) is 4.10. The Morgan fingerprint density at radius 1 is 1.11 bits per heavy atom. The van der Waals surface area contributed by atoms with E-state index in [2.05, 4.69) is 15.0 Å². The van der Waals surface area contributed by atoms with Gasteiger partial charge in [-0.1, -0.05) is 12.1 Å². The third-order valence-electron chi connectivity index (χ3n) is 4.10. The maximum Gasteiger partial charge on any atom is 0.332 e. The second-order valence-corrected chi connectivity index (χ2v) is 5.88. The Morgan fingerprint density at radius 2 is 1.86 bits per heavy atom. The molecule has 0 fully saturated rings. The molecule has 0 atom stereocenters. The zero-order valence-electron chi connectivity index (χ0n) is 14.0. The number of aromatic nitrogens is 4. The summed E-state index contributed by atoms with van der Waals surface area (Å²) in [4.78, 5) is 35.1. The highest BCUT2D eigenvalue weighted by Crippen LogP contribution is 2.30. The number of amides is 1. The Kier molecular flexibility index (Phi) is 3.81. The van der Waals surface area contributed by atoms with Gasteiger partial charge in [0.25, 0.3) is 5.91 Å². The molecule has 4 rings (SSSR count). The second kappa shape index (κ2) is 6.20. The van der Waals surface area contributed by atoms with Gasteiger partial charge in [-0.15, -0.1) is 0 Å². The number of halogens is 1. The van der Waals surface area contributed by atoms with E-state index in [9.17, 15) is 24.2 Å². The van der Waals surface area contributed by atoms with Gasteiger partial charge in [0, 0.05) is 5.56 Å². The molecule has 9 nitrogen and oxygen atoms in total. The van der Waals surface area contributed by atoms with Crippen LogP contribution in [0.15, 0.2) is 47.3 Å². The van der Waals surface area contributed by atoms with E-state index in [1.807, 2.05) is 0 Å². The number of primary amides is 1. The number of nitrogens with two attached hydrogens (primary N) is 1. The van der Waals surface area contributed by atoms with E-state index in [0.717, 1.165) is 4.57 Å². The fourth-order valence-electron chi connectivity index (χ4n) is 2.81. The zero-order valence-corrected chi connectivity index (χ0v) is 14.0. The Balaban J connectivity index is 2.08. The maximum atomic E-state index is 14.3. The molecule has 0 bridgehead atoms. The first-order valence-electron chi connectivity index (χ1n) is 7.96. The first-order chi connectivity index (χ1) is 13.4. The van der Waals surface area contributed by atoms with Crippen molar-refractivity contribution in [3.63, 3.8) is 0 Å². The molecule has 0 aliphatic carbocycles. The summed E-state index contributed by atoms with van der Waals surface area (Å²) in [7, 11) is 0. The summed E-state index contributed by atoms with van der Waals surface area (Å²) in [6.45, 7) is 0. The van der Waals surface area contributed by atoms with E-state index >= 15 is 0 Å². The summed E-state index contributed by atoms with van der Waals surface area (Å²) in [6, 6.07) is 9.35. The molecule has 5 N–H and O–H groups in total. The van der Waals surface area contributed by atoms with E-state index in [-0.39, 0.29) is 39.7 Å². The van der Waals surface area contributed by atoms with Gasteiger partial charge in [-0.25, -0.2) is 23.7 Å². The number of nitrogens with one attached hydrogen (secondary N) is 1. The molecule has 28 heavy (non-hydrogen) atoms. The van der Waals surface area contributed by atoms with Gasteiger partial charge in [0.15, 0.2) is 28.7 Å². The minimum Gasteiger partial charge on any atom is -0.504 e. The van der Waals surface area contributed by atoms with Crippen molar-refractivity contribution in [1.82, 2.24) is 19.5 Å². The minimum absolute atomic E-state index is 0.0486. The van der Waals surface area contributed by atoms with Crippen LogP contribution in [0.2, 0.25) is 0 Å². The van der Waals surface area contributed by atoms with Crippen LogP contribution in [0.25, 0.3) is 28.2 Å². The number of imidazole rings is 1.